The molecule has 15 heavy (non-hydrogen) atoms. The van der Waals surface area contributed by atoms with Crippen LogP contribution < -0.4 is 10.5 Å². The first-order chi connectivity index (χ1) is 6.94. The van der Waals surface area contributed by atoms with E-state index in [1.54, 1.807) is 0 Å². The van der Waals surface area contributed by atoms with Crippen LogP contribution in [0.4, 0.5) is 19.0 Å². The maximum atomic E-state index is 11.8. The summed E-state index contributed by atoms with van der Waals surface area (Å²) in [4.78, 5) is 3.54. The number of hydrogen-bond donors (Lipinski definition) is 1. The van der Waals surface area contributed by atoms with Crippen LogP contribution in [0.1, 0.15) is 0 Å². The van der Waals surface area contributed by atoms with Gasteiger partial charge in [0.2, 0.25) is 5.88 Å². The number of aromatic nitrogens is 3. The average molecular weight is 218 g/mol. The molecule has 0 unspecified atom stereocenters. The van der Waals surface area contributed by atoms with Crippen LogP contribution in [0.5, 0.6) is 5.88 Å². The van der Waals surface area contributed by atoms with E-state index in [1.807, 2.05) is 0 Å². The number of fused-ring (bicyclic) bond motifs is 1. The van der Waals surface area contributed by atoms with Crippen molar-refractivity contribution in [1.82, 2.24) is 14.6 Å². The second-order valence-corrected chi connectivity index (χ2v) is 2.69. The molecule has 0 aromatic carbocycles. The van der Waals surface area contributed by atoms with Crippen LogP contribution in [0.3, 0.4) is 0 Å². The lowest BCUT2D eigenvalue weighted by molar-refractivity contribution is -0.276. The molecule has 2 aromatic heterocycles. The molecule has 0 spiro atoms. The van der Waals surface area contributed by atoms with Gasteiger partial charge in [0.05, 0.1) is 6.20 Å². The van der Waals surface area contributed by atoms with Gasteiger partial charge in [-0.2, -0.15) is 4.98 Å². The number of nitrogens with two attached hydrogens (primary N) is 1. The molecule has 0 atom stereocenters. The number of ether oxygens (including phenoxy) is 1. The third kappa shape index (κ3) is 2.09. The largest absolute Gasteiger partial charge is 0.574 e. The zero-order valence-corrected chi connectivity index (χ0v) is 7.19. The Morgan fingerprint density at radius 1 is 1.33 bits per heavy atom. The monoisotopic (exact) mass is 218 g/mol. The van der Waals surface area contributed by atoms with Crippen LogP contribution in [0.25, 0.3) is 5.65 Å². The molecule has 0 saturated carbocycles. The standard InChI is InChI=1S/C7H5F3N4O/c8-7(9,10)15-6-3-14-5(12-6)2-1-4(11)13-14/h1-3H,(H2,11,13). The molecule has 0 fully saturated rings. The van der Waals surface area contributed by atoms with Crippen molar-refractivity contribution >= 4 is 11.5 Å². The number of alkyl halides is 3. The molecule has 2 heterocycles. The highest BCUT2D eigenvalue weighted by molar-refractivity contribution is 5.44. The van der Waals surface area contributed by atoms with Gasteiger partial charge in [-0.15, -0.1) is 18.3 Å². The Balaban J connectivity index is 2.39. The predicted octanol–water partition coefficient (Wildman–Crippen LogP) is 1.21. The van der Waals surface area contributed by atoms with E-state index in [-0.39, 0.29) is 11.5 Å². The van der Waals surface area contributed by atoms with E-state index >= 15 is 0 Å². The molecule has 0 aliphatic heterocycles. The van der Waals surface area contributed by atoms with Crippen molar-refractivity contribution in [2.24, 2.45) is 0 Å². The minimum atomic E-state index is -4.76. The summed E-state index contributed by atoms with van der Waals surface area (Å²) in [6.45, 7) is 0. The molecule has 5 nitrogen and oxygen atoms in total. The summed E-state index contributed by atoms with van der Waals surface area (Å²) in [5, 5.41) is 3.71. The molecule has 8 heteroatoms. The lowest BCUT2D eigenvalue weighted by Crippen LogP contribution is -2.17. The molecule has 0 aliphatic rings. The summed E-state index contributed by atoms with van der Waals surface area (Å²) in [5.74, 6) is -0.390. The van der Waals surface area contributed by atoms with E-state index < -0.39 is 12.2 Å². The number of nitrogens with zero attached hydrogens (tertiary/aromatic N) is 3. The van der Waals surface area contributed by atoms with Gasteiger partial charge in [-0.1, -0.05) is 0 Å². The minimum Gasteiger partial charge on any atom is -0.386 e. The lowest BCUT2D eigenvalue weighted by Gasteiger charge is -2.03. The number of imidazole rings is 1. The van der Waals surface area contributed by atoms with E-state index in [4.69, 9.17) is 5.73 Å². The number of nitrogen functional groups attached to an aromatic ring is 1. The van der Waals surface area contributed by atoms with E-state index in [2.05, 4.69) is 14.8 Å². The van der Waals surface area contributed by atoms with Crippen LogP contribution >= 0.6 is 0 Å². The molecule has 2 aromatic rings. The average Bonchev–Trinajstić information content (AvgIpc) is 2.42. The first-order valence-corrected chi connectivity index (χ1v) is 3.82. The number of hydrogen-bond acceptors (Lipinski definition) is 4. The smallest absolute Gasteiger partial charge is 0.386 e. The molecule has 0 bridgehead atoms. The van der Waals surface area contributed by atoms with Crippen molar-refractivity contribution < 1.29 is 17.9 Å². The zero-order valence-electron chi connectivity index (χ0n) is 7.19. The van der Waals surface area contributed by atoms with Gasteiger partial charge in [0, 0.05) is 0 Å². The Labute approximate surface area is 81.3 Å². The fourth-order valence-corrected chi connectivity index (χ4v) is 1.04. The van der Waals surface area contributed by atoms with E-state index in [0.29, 0.717) is 0 Å². The second-order valence-electron chi connectivity index (χ2n) is 2.69. The highest BCUT2D eigenvalue weighted by atomic mass is 19.4. The Hall–Kier alpha value is -1.99. The van der Waals surface area contributed by atoms with Gasteiger partial charge in [-0.05, 0) is 12.1 Å². The fraction of sp³-hybridized carbons (Fsp3) is 0.143. The Kier molecular flexibility index (Phi) is 1.92. The molecular weight excluding hydrogens is 213 g/mol. The van der Waals surface area contributed by atoms with Gasteiger partial charge in [-0.3, -0.25) is 0 Å². The SMILES string of the molecule is Nc1ccc2nc(OC(F)(F)F)cn2n1. The summed E-state index contributed by atoms with van der Waals surface area (Å²) >= 11 is 0. The first-order valence-electron chi connectivity index (χ1n) is 3.82. The number of anilines is 1. The normalized spacial score (nSPS) is 11.9. The van der Waals surface area contributed by atoms with Crippen LogP contribution in [0.2, 0.25) is 0 Å². The molecule has 0 saturated heterocycles. The van der Waals surface area contributed by atoms with E-state index in [1.165, 1.54) is 12.1 Å². The molecule has 2 N–H and O–H groups in total. The van der Waals surface area contributed by atoms with Gasteiger partial charge in [-0.25, -0.2) is 4.52 Å². The van der Waals surface area contributed by atoms with Crippen molar-refractivity contribution in [3.8, 4) is 5.88 Å². The van der Waals surface area contributed by atoms with Gasteiger partial charge >= 0.3 is 6.36 Å². The molecule has 80 valence electrons. The zero-order chi connectivity index (χ0) is 11.1. The van der Waals surface area contributed by atoms with Crippen LogP contribution in [0.15, 0.2) is 18.3 Å². The van der Waals surface area contributed by atoms with Gasteiger partial charge in [0.15, 0.2) is 5.65 Å². The van der Waals surface area contributed by atoms with Gasteiger partial charge < -0.3 is 10.5 Å². The summed E-state index contributed by atoms with van der Waals surface area (Å²) in [6, 6.07) is 2.87. The van der Waals surface area contributed by atoms with Crippen molar-refractivity contribution in [3.05, 3.63) is 18.3 Å². The molecule has 2 rings (SSSR count). The quantitative estimate of drug-likeness (QED) is 0.781. The predicted molar refractivity (Wildman–Crippen MR) is 44.1 cm³/mol. The molecular formula is C7H5F3N4O. The van der Waals surface area contributed by atoms with Crippen LogP contribution in [0, 0.1) is 0 Å². The maximum absolute atomic E-state index is 11.8. The van der Waals surface area contributed by atoms with Crippen LogP contribution in [-0.2, 0) is 0 Å². The van der Waals surface area contributed by atoms with Gasteiger partial charge in [0.1, 0.15) is 5.82 Å². The number of halogens is 3. The highest BCUT2D eigenvalue weighted by Crippen LogP contribution is 2.21. The fourth-order valence-electron chi connectivity index (χ4n) is 1.04. The van der Waals surface area contributed by atoms with Gasteiger partial charge in [0.25, 0.3) is 0 Å². The molecule has 0 radical (unpaired) electrons. The van der Waals surface area contributed by atoms with Crippen molar-refractivity contribution in [3.63, 3.8) is 0 Å². The van der Waals surface area contributed by atoms with Crippen molar-refractivity contribution in [1.29, 1.82) is 0 Å². The summed E-state index contributed by atoms with van der Waals surface area (Å²) in [6.07, 6.45) is -3.76. The summed E-state index contributed by atoms with van der Waals surface area (Å²) < 4.78 is 40.2. The second kappa shape index (κ2) is 3.01. The summed E-state index contributed by atoms with van der Waals surface area (Å²) in [7, 11) is 0. The Morgan fingerprint density at radius 2 is 2.07 bits per heavy atom. The minimum absolute atomic E-state index is 0.179. The Bertz CT molecular complexity index is 492. The van der Waals surface area contributed by atoms with E-state index in [0.717, 1.165) is 10.7 Å². The first kappa shape index (κ1) is 9.56. The topological polar surface area (TPSA) is 65.4 Å². The third-order valence-corrected chi connectivity index (χ3v) is 1.54. The van der Waals surface area contributed by atoms with Crippen molar-refractivity contribution in [2.75, 3.05) is 5.73 Å². The molecule has 0 aliphatic carbocycles. The van der Waals surface area contributed by atoms with E-state index in [9.17, 15) is 13.2 Å². The number of rotatable bonds is 1. The third-order valence-electron chi connectivity index (χ3n) is 1.54. The maximum Gasteiger partial charge on any atom is 0.574 e. The lowest BCUT2D eigenvalue weighted by atomic mass is 10.5. The summed E-state index contributed by atoms with van der Waals surface area (Å²) in [5.41, 5.74) is 5.56. The Morgan fingerprint density at radius 3 is 2.73 bits per heavy atom. The highest BCUT2D eigenvalue weighted by Gasteiger charge is 2.32. The molecule has 0 amide bonds. The van der Waals surface area contributed by atoms with Crippen LogP contribution in [-0.4, -0.2) is 21.0 Å². The van der Waals surface area contributed by atoms with Crippen molar-refractivity contribution in [2.45, 2.75) is 6.36 Å².